The molecule has 7 nitrogen and oxygen atoms in total. The molecule has 0 aliphatic rings. The molecular weight excluding hydrogens is 426 g/mol. The predicted molar refractivity (Wildman–Crippen MR) is 127 cm³/mol. The van der Waals surface area contributed by atoms with Gasteiger partial charge in [0.2, 0.25) is 11.8 Å². The number of thioether (sulfide) groups is 1. The molecule has 1 atom stereocenters. The molecule has 0 spiro atoms. The van der Waals surface area contributed by atoms with Gasteiger partial charge >= 0.3 is 0 Å². The standard InChI is InChI=1S/C24H23N3O4S/c1-2-22(24(29)26-18-11-13-20(14-12-18)27(30)31)32-21-10-6-9-19(16-21)25-23(28)15-17-7-4-3-5-8-17/h3-14,16,22H,2,15H2,1H3,(H,25,28)(H,26,29). The van der Waals surface area contributed by atoms with E-state index in [1.807, 2.05) is 61.5 Å². The van der Waals surface area contributed by atoms with Crippen LogP contribution in [0, 0.1) is 10.1 Å². The van der Waals surface area contributed by atoms with Gasteiger partial charge in [0.15, 0.2) is 0 Å². The first-order valence-corrected chi connectivity index (χ1v) is 11.0. The molecule has 3 aromatic carbocycles. The van der Waals surface area contributed by atoms with Crippen molar-refractivity contribution in [3.05, 3.63) is 94.5 Å². The van der Waals surface area contributed by atoms with Crippen molar-refractivity contribution < 1.29 is 14.5 Å². The van der Waals surface area contributed by atoms with E-state index in [1.165, 1.54) is 36.0 Å². The monoisotopic (exact) mass is 449 g/mol. The molecule has 0 aliphatic carbocycles. The molecule has 3 rings (SSSR count). The van der Waals surface area contributed by atoms with Gasteiger partial charge in [0, 0.05) is 28.4 Å². The van der Waals surface area contributed by atoms with Crippen LogP contribution < -0.4 is 10.6 Å². The Morgan fingerprint density at radius 1 is 0.938 bits per heavy atom. The summed E-state index contributed by atoms with van der Waals surface area (Å²) >= 11 is 1.40. The molecule has 3 aromatic rings. The van der Waals surface area contributed by atoms with E-state index in [4.69, 9.17) is 0 Å². The molecule has 0 heterocycles. The largest absolute Gasteiger partial charge is 0.326 e. The first-order valence-electron chi connectivity index (χ1n) is 10.1. The summed E-state index contributed by atoms with van der Waals surface area (Å²) < 4.78 is 0. The van der Waals surface area contributed by atoms with E-state index < -0.39 is 4.92 Å². The smallest absolute Gasteiger partial charge is 0.269 e. The Morgan fingerprint density at radius 2 is 1.66 bits per heavy atom. The second kappa shape index (κ2) is 11.1. The molecule has 2 amide bonds. The molecule has 0 aliphatic heterocycles. The maximum atomic E-state index is 12.7. The lowest BCUT2D eigenvalue weighted by atomic mass is 10.1. The second-order valence-corrected chi connectivity index (χ2v) is 8.32. The van der Waals surface area contributed by atoms with Gasteiger partial charge < -0.3 is 10.6 Å². The minimum absolute atomic E-state index is 0.0319. The fourth-order valence-corrected chi connectivity index (χ4v) is 4.02. The third kappa shape index (κ3) is 6.68. The minimum atomic E-state index is -0.484. The number of nitrogens with zero attached hydrogens (tertiary/aromatic N) is 1. The third-order valence-electron chi connectivity index (χ3n) is 4.61. The first kappa shape index (κ1) is 23.0. The number of non-ortho nitro benzene ring substituents is 1. The summed E-state index contributed by atoms with van der Waals surface area (Å²) in [6.07, 6.45) is 0.877. The molecule has 0 aromatic heterocycles. The van der Waals surface area contributed by atoms with Gasteiger partial charge in [-0.1, -0.05) is 43.3 Å². The van der Waals surface area contributed by atoms with Crippen molar-refractivity contribution >= 4 is 40.6 Å². The van der Waals surface area contributed by atoms with Crippen molar-refractivity contribution in [1.29, 1.82) is 0 Å². The van der Waals surface area contributed by atoms with Crippen LogP contribution in [0.25, 0.3) is 0 Å². The molecule has 2 N–H and O–H groups in total. The van der Waals surface area contributed by atoms with E-state index in [-0.39, 0.29) is 29.2 Å². The molecule has 0 radical (unpaired) electrons. The predicted octanol–water partition coefficient (Wildman–Crippen LogP) is 5.29. The molecule has 0 saturated heterocycles. The fraction of sp³-hybridized carbons (Fsp3) is 0.167. The van der Waals surface area contributed by atoms with Crippen LogP contribution in [0.3, 0.4) is 0 Å². The summed E-state index contributed by atoms with van der Waals surface area (Å²) in [5, 5.41) is 16.1. The number of nitro groups is 1. The highest BCUT2D eigenvalue weighted by molar-refractivity contribution is 8.00. The van der Waals surface area contributed by atoms with Crippen molar-refractivity contribution in [2.24, 2.45) is 0 Å². The average molecular weight is 450 g/mol. The maximum absolute atomic E-state index is 12.7. The lowest BCUT2D eigenvalue weighted by molar-refractivity contribution is -0.384. The Balaban J connectivity index is 1.60. The average Bonchev–Trinajstić information content (AvgIpc) is 2.78. The number of benzene rings is 3. The zero-order chi connectivity index (χ0) is 22.9. The van der Waals surface area contributed by atoms with Gasteiger partial charge in [-0.05, 0) is 42.3 Å². The molecular formula is C24H23N3O4S. The number of carbonyl (C=O) groups is 2. The van der Waals surface area contributed by atoms with Crippen LogP contribution in [0.2, 0.25) is 0 Å². The second-order valence-electron chi connectivity index (χ2n) is 7.05. The highest BCUT2D eigenvalue weighted by Gasteiger charge is 2.19. The highest BCUT2D eigenvalue weighted by Crippen LogP contribution is 2.29. The summed E-state index contributed by atoms with van der Waals surface area (Å²) in [6, 6.07) is 22.6. The van der Waals surface area contributed by atoms with Gasteiger partial charge in [0.25, 0.3) is 5.69 Å². The third-order valence-corrected chi connectivity index (χ3v) is 5.97. The zero-order valence-corrected chi connectivity index (χ0v) is 18.3. The lowest BCUT2D eigenvalue weighted by Crippen LogP contribution is -2.24. The van der Waals surface area contributed by atoms with Gasteiger partial charge in [0.05, 0.1) is 16.6 Å². The van der Waals surface area contributed by atoms with Crippen LogP contribution in [-0.4, -0.2) is 22.0 Å². The van der Waals surface area contributed by atoms with Gasteiger partial charge in [-0.3, -0.25) is 19.7 Å². The number of rotatable bonds is 9. The fourth-order valence-electron chi connectivity index (χ4n) is 3.01. The van der Waals surface area contributed by atoms with Crippen molar-refractivity contribution in [2.45, 2.75) is 29.9 Å². The van der Waals surface area contributed by atoms with Crippen LogP contribution in [0.1, 0.15) is 18.9 Å². The van der Waals surface area contributed by atoms with Crippen molar-refractivity contribution in [3.63, 3.8) is 0 Å². The van der Waals surface area contributed by atoms with Gasteiger partial charge in [-0.25, -0.2) is 0 Å². The first-order chi connectivity index (χ1) is 15.4. The Bertz CT molecular complexity index is 1090. The van der Waals surface area contributed by atoms with E-state index in [0.29, 0.717) is 17.8 Å². The molecule has 8 heteroatoms. The zero-order valence-electron chi connectivity index (χ0n) is 17.5. The number of carbonyl (C=O) groups excluding carboxylic acids is 2. The molecule has 0 saturated carbocycles. The van der Waals surface area contributed by atoms with Crippen LogP contribution in [0.15, 0.2) is 83.8 Å². The Morgan fingerprint density at radius 3 is 2.31 bits per heavy atom. The van der Waals surface area contributed by atoms with E-state index in [9.17, 15) is 19.7 Å². The number of hydrogen-bond acceptors (Lipinski definition) is 5. The molecule has 0 bridgehead atoms. The van der Waals surface area contributed by atoms with E-state index >= 15 is 0 Å². The van der Waals surface area contributed by atoms with Crippen molar-refractivity contribution in [1.82, 2.24) is 0 Å². The van der Waals surface area contributed by atoms with Gasteiger partial charge in [-0.15, -0.1) is 11.8 Å². The SMILES string of the molecule is CCC(Sc1cccc(NC(=O)Cc2ccccc2)c1)C(=O)Nc1ccc([N+](=O)[O-])cc1. The van der Waals surface area contributed by atoms with Crippen molar-refractivity contribution in [3.8, 4) is 0 Å². The summed E-state index contributed by atoms with van der Waals surface area (Å²) in [5.41, 5.74) is 2.07. The molecule has 1 unspecified atom stereocenters. The number of nitrogens with one attached hydrogen (secondary N) is 2. The maximum Gasteiger partial charge on any atom is 0.269 e. The molecule has 32 heavy (non-hydrogen) atoms. The van der Waals surface area contributed by atoms with Crippen LogP contribution in [-0.2, 0) is 16.0 Å². The Labute approximate surface area is 190 Å². The summed E-state index contributed by atoms with van der Waals surface area (Å²) in [5.74, 6) is -0.300. The topological polar surface area (TPSA) is 101 Å². The van der Waals surface area contributed by atoms with E-state index in [1.54, 1.807) is 0 Å². The number of amides is 2. The Hall–Kier alpha value is -3.65. The summed E-state index contributed by atoms with van der Waals surface area (Å²) in [4.78, 5) is 36.2. The summed E-state index contributed by atoms with van der Waals surface area (Å²) in [7, 11) is 0. The van der Waals surface area contributed by atoms with Crippen LogP contribution in [0.5, 0.6) is 0 Å². The van der Waals surface area contributed by atoms with Crippen molar-refractivity contribution in [2.75, 3.05) is 10.6 Å². The summed E-state index contributed by atoms with van der Waals surface area (Å²) in [6.45, 7) is 1.92. The molecule has 0 fully saturated rings. The van der Waals surface area contributed by atoms with Crippen LogP contribution in [0.4, 0.5) is 17.1 Å². The number of nitro benzene ring substituents is 1. The van der Waals surface area contributed by atoms with Crippen LogP contribution >= 0.6 is 11.8 Å². The highest BCUT2D eigenvalue weighted by atomic mass is 32.2. The van der Waals surface area contributed by atoms with Gasteiger partial charge in [0.1, 0.15) is 0 Å². The van der Waals surface area contributed by atoms with Gasteiger partial charge in [-0.2, -0.15) is 0 Å². The quantitative estimate of drug-likeness (QED) is 0.263. The molecule has 164 valence electrons. The normalized spacial score (nSPS) is 11.4. The lowest BCUT2D eigenvalue weighted by Gasteiger charge is -2.15. The number of anilines is 2. The van der Waals surface area contributed by atoms with E-state index in [2.05, 4.69) is 10.6 Å². The number of hydrogen-bond donors (Lipinski definition) is 2. The van der Waals surface area contributed by atoms with E-state index in [0.717, 1.165) is 10.5 Å². The minimum Gasteiger partial charge on any atom is -0.326 e. The Kier molecular flexibility index (Phi) is 7.99.